The Morgan fingerprint density at radius 2 is 2.32 bits per heavy atom. The molecule has 1 aromatic carbocycles. The van der Waals surface area contributed by atoms with Crippen molar-refractivity contribution in [2.75, 3.05) is 25.5 Å². The van der Waals surface area contributed by atoms with Crippen LogP contribution in [0.4, 0.5) is 10.5 Å². The number of amides is 2. The number of halogens is 1. The van der Waals surface area contributed by atoms with Gasteiger partial charge in [-0.05, 0) is 55.0 Å². The number of likely N-dealkylation sites (tertiary alicyclic amines) is 1. The van der Waals surface area contributed by atoms with Crippen LogP contribution in [0.2, 0.25) is 5.02 Å². The van der Waals surface area contributed by atoms with Gasteiger partial charge in [0, 0.05) is 30.5 Å². The van der Waals surface area contributed by atoms with E-state index in [1.165, 1.54) is 0 Å². The number of aromatic nitrogens is 3. The van der Waals surface area contributed by atoms with Gasteiger partial charge in [0.1, 0.15) is 11.4 Å². The molecule has 1 saturated heterocycles. The number of nitrogens with zero attached hydrogens (tertiary/aromatic N) is 4. The quantitative estimate of drug-likeness (QED) is 0.722. The molecule has 0 radical (unpaired) electrons. The molecule has 3 aromatic rings. The van der Waals surface area contributed by atoms with Crippen LogP contribution in [0.3, 0.4) is 0 Å². The third kappa shape index (κ3) is 3.89. The number of hydrogen-bond donors (Lipinski definition) is 1. The summed E-state index contributed by atoms with van der Waals surface area (Å²) in [7, 11) is 1.66. The number of urea groups is 1. The van der Waals surface area contributed by atoms with E-state index in [2.05, 4.69) is 15.4 Å². The van der Waals surface area contributed by atoms with Crippen molar-refractivity contribution in [2.24, 2.45) is 5.92 Å². The fraction of sp³-hybridized carbons (Fsp3) is 0.350. The molecule has 1 fully saturated rings. The highest BCUT2D eigenvalue weighted by Crippen LogP contribution is 2.29. The minimum absolute atomic E-state index is 0.122. The molecule has 0 aliphatic carbocycles. The summed E-state index contributed by atoms with van der Waals surface area (Å²) in [5.74, 6) is 1.19. The highest BCUT2D eigenvalue weighted by Gasteiger charge is 2.25. The SMILES string of the molecule is COc1ccc(Cl)cc1CC1CCCN(C(=O)Nc2cnn3cccnc23)C1. The van der Waals surface area contributed by atoms with Crippen LogP contribution in [0, 0.1) is 5.92 Å². The number of nitrogens with one attached hydrogen (secondary N) is 1. The molecule has 0 spiro atoms. The Morgan fingerprint density at radius 1 is 1.43 bits per heavy atom. The fourth-order valence-electron chi connectivity index (χ4n) is 3.74. The molecule has 1 atom stereocenters. The molecule has 1 aliphatic heterocycles. The summed E-state index contributed by atoms with van der Waals surface area (Å²) in [4.78, 5) is 18.9. The summed E-state index contributed by atoms with van der Waals surface area (Å²) in [6.45, 7) is 1.43. The molecule has 3 heterocycles. The lowest BCUT2D eigenvalue weighted by Gasteiger charge is -2.33. The second kappa shape index (κ2) is 8.06. The Bertz CT molecular complexity index is 990. The first kappa shape index (κ1) is 18.6. The zero-order valence-corrected chi connectivity index (χ0v) is 16.4. The van der Waals surface area contributed by atoms with Gasteiger partial charge in [0.25, 0.3) is 0 Å². The summed E-state index contributed by atoms with van der Waals surface area (Å²) in [5, 5.41) is 7.85. The second-order valence-electron chi connectivity index (χ2n) is 6.99. The van der Waals surface area contributed by atoms with E-state index in [-0.39, 0.29) is 6.03 Å². The van der Waals surface area contributed by atoms with Crippen molar-refractivity contribution in [3.8, 4) is 5.75 Å². The topological polar surface area (TPSA) is 71.8 Å². The Balaban J connectivity index is 1.43. The first-order valence-electron chi connectivity index (χ1n) is 9.31. The summed E-state index contributed by atoms with van der Waals surface area (Å²) >= 11 is 6.15. The zero-order valence-electron chi connectivity index (χ0n) is 15.6. The fourth-order valence-corrected chi connectivity index (χ4v) is 3.94. The highest BCUT2D eigenvalue weighted by atomic mass is 35.5. The lowest BCUT2D eigenvalue weighted by atomic mass is 9.91. The van der Waals surface area contributed by atoms with E-state index in [1.54, 1.807) is 36.3 Å². The van der Waals surface area contributed by atoms with Crippen LogP contribution >= 0.6 is 11.6 Å². The minimum atomic E-state index is -0.122. The number of benzene rings is 1. The molecular weight excluding hydrogens is 378 g/mol. The highest BCUT2D eigenvalue weighted by molar-refractivity contribution is 6.30. The molecule has 0 bridgehead atoms. The van der Waals surface area contributed by atoms with E-state index >= 15 is 0 Å². The monoisotopic (exact) mass is 399 g/mol. The molecular formula is C20H22ClN5O2. The molecule has 1 N–H and O–H groups in total. The number of carbonyl (C=O) groups is 1. The first-order chi connectivity index (χ1) is 13.6. The van der Waals surface area contributed by atoms with Gasteiger partial charge in [-0.3, -0.25) is 0 Å². The molecule has 4 rings (SSSR count). The van der Waals surface area contributed by atoms with E-state index in [0.29, 0.717) is 28.8 Å². The molecule has 7 nitrogen and oxygen atoms in total. The van der Waals surface area contributed by atoms with Crippen LogP contribution in [0.5, 0.6) is 5.75 Å². The molecule has 2 amide bonds. The second-order valence-corrected chi connectivity index (χ2v) is 7.43. The van der Waals surface area contributed by atoms with Gasteiger partial charge in [0.2, 0.25) is 0 Å². The number of ether oxygens (including phenoxy) is 1. The predicted molar refractivity (Wildman–Crippen MR) is 108 cm³/mol. The molecule has 1 aliphatic rings. The van der Waals surface area contributed by atoms with Crippen molar-refractivity contribution in [1.29, 1.82) is 0 Å². The number of fused-ring (bicyclic) bond motifs is 1. The first-order valence-corrected chi connectivity index (χ1v) is 9.68. The number of methoxy groups -OCH3 is 1. The summed E-state index contributed by atoms with van der Waals surface area (Å²) in [5.41, 5.74) is 2.33. The van der Waals surface area contributed by atoms with E-state index in [9.17, 15) is 4.79 Å². The summed E-state index contributed by atoms with van der Waals surface area (Å²) in [6.07, 6.45) is 7.96. The van der Waals surface area contributed by atoms with Crippen LogP contribution in [-0.2, 0) is 6.42 Å². The molecule has 2 aromatic heterocycles. The third-order valence-corrected chi connectivity index (χ3v) is 5.31. The van der Waals surface area contributed by atoms with Gasteiger partial charge >= 0.3 is 6.03 Å². The average molecular weight is 400 g/mol. The van der Waals surface area contributed by atoms with Crippen LogP contribution < -0.4 is 10.1 Å². The standard InChI is InChI=1S/C20H22ClN5O2/c1-28-18-6-5-16(21)11-15(18)10-14-4-2-8-25(13-14)20(27)24-17-12-23-26-9-3-7-22-19(17)26/h3,5-7,9,11-12,14H,2,4,8,10,13H2,1H3,(H,24,27). The molecule has 8 heteroatoms. The predicted octanol–water partition coefficient (Wildman–Crippen LogP) is 3.88. The van der Waals surface area contributed by atoms with Crippen LogP contribution in [0.15, 0.2) is 42.9 Å². The van der Waals surface area contributed by atoms with E-state index in [0.717, 1.165) is 37.1 Å². The minimum Gasteiger partial charge on any atom is -0.496 e. The van der Waals surface area contributed by atoms with E-state index < -0.39 is 0 Å². The van der Waals surface area contributed by atoms with Gasteiger partial charge < -0.3 is 15.0 Å². The van der Waals surface area contributed by atoms with Crippen LogP contribution in [0.1, 0.15) is 18.4 Å². The van der Waals surface area contributed by atoms with Crippen molar-refractivity contribution in [3.05, 3.63) is 53.4 Å². The van der Waals surface area contributed by atoms with Crippen molar-refractivity contribution >= 4 is 29.0 Å². The third-order valence-electron chi connectivity index (χ3n) is 5.08. The lowest BCUT2D eigenvalue weighted by Crippen LogP contribution is -2.42. The van der Waals surface area contributed by atoms with Gasteiger partial charge in [0.15, 0.2) is 5.65 Å². The normalized spacial score (nSPS) is 16.9. The molecule has 0 saturated carbocycles. The molecule has 1 unspecified atom stereocenters. The Kier molecular flexibility index (Phi) is 5.34. The Labute approximate surface area is 168 Å². The average Bonchev–Trinajstić information content (AvgIpc) is 3.11. The van der Waals surface area contributed by atoms with Crippen LogP contribution in [0.25, 0.3) is 5.65 Å². The van der Waals surface area contributed by atoms with Crippen molar-refractivity contribution in [2.45, 2.75) is 19.3 Å². The van der Waals surface area contributed by atoms with Gasteiger partial charge in [-0.1, -0.05) is 11.6 Å². The van der Waals surface area contributed by atoms with Crippen molar-refractivity contribution < 1.29 is 9.53 Å². The van der Waals surface area contributed by atoms with Gasteiger partial charge in [0.05, 0.1) is 13.3 Å². The summed E-state index contributed by atoms with van der Waals surface area (Å²) in [6, 6.07) is 7.34. The number of hydrogen-bond acceptors (Lipinski definition) is 4. The molecule has 146 valence electrons. The smallest absolute Gasteiger partial charge is 0.322 e. The largest absolute Gasteiger partial charge is 0.496 e. The maximum absolute atomic E-state index is 12.8. The van der Waals surface area contributed by atoms with Gasteiger partial charge in [-0.25, -0.2) is 14.3 Å². The lowest BCUT2D eigenvalue weighted by molar-refractivity contribution is 0.177. The number of carbonyl (C=O) groups excluding carboxylic acids is 1. The van der Waals surface area contributed by atoms with E-state index in [4.69, 9.17) is 16.3 Å². The number of rotatable bonds is 4. The zero-order chi connectivity index (χ0) is 19.5. The maximum Gasteiger partial charge on any atom is 0.322 e. The van der Waals surface area contributed by atoms with Crippen LogP contribution in [-0.4, -0.2) is 45.7 Å². The Morgan fingerprint density at radius 3 is 3.18 bits per heavy atom. The van der Waals surface area contributed by atoms with Crippen molar-refractivity contribution in [1.82, 2.24) is 19.5 Å². The Hall–Kier alpha value is -2.80. The van der Waals surface area contributed by atoms with Crippen molar-refractivity contribution in [3.63, 3.8) is 0 Å². The maximum atomic E-state index is 12.8. The van der Waals surface area contributed by atoms with E-state index in [1.807, 2.05) is 23.1 Å². The number of piperidine rings is 1. The van der Waals surface area contributed by atoms with Gasteiger partial charge in [-0.15, -0.1) is 0 Å². The number of anilines is 1. The summed E-state index contributed by atoms with van der Waals surface area (Å²) < 4.78 is 7.10. The van der Waals surface area contributed by atoms with Gasteiger partial charge in [-0.2, -0.15) is 5.10 Å². The molecule has 28 heavy (non-hydrogen) atoms.